The van der Waals surface area contributed by atoms with Gasteiger partial charge in [0.1, 0.15) is 5.75 Å². The summed E-state index contributed by atoms with van der Waals surface area (Å²) in [4.78, 5) is 18.5. The van der Waals surface area contributed by atoms with Gasteiger partial charge in [-0.25, -0.2) is 4.98 Å². The molecule has 0 fully saturated rings. The number of hydrogen-bond acceptors (Lipinski definition) is 4. The van der Waals surface area contributed by atoms with Crippen LogP contribution in [0.5, 0.6) is 5.75 Å². The number of carbonyl (C=O) groups excluding carboxylic acids is 1. The Balaban J connectivity index is 1.80. The summed E-state index contributed by atoms with van der Waals surface area (Å²) in [7, 11) is 0. The predicted octanol–water partition coefficient (Wildman–Crippen LogP) is 4.65. The monoisotopic (exact) mass is 388 g/mol. The summed E-state index contributed by atoms with van der Waals surface area (Å²) >= 11 is 4.81. The number of ether oxygens (including phenoxy) is 1. The highest BCUT2D eigenvalue weighted by atomic mass is 79.9. The molecule has 1 heterocycles. The Morgan fingerprint density at radius 3 is 2.52 bits per heavy atom. The van der Waals surface area contributed by atoms with Crippen molar-refractivity contribution in [1.82, 2.24) is 4.98 Å². The Labute approximate surface area is 146 Å². The average Bonchev–Trinajstić information content (AvgIpc) is 3.10. The van der Waals surface area contributed by atoms with Crippen LogP contribution in [0.25, 0.3) is 0 Å². The van der Waals surface area contributed by atoms with Gasteiger partial charge in [0.05, 0.1) is 5.69 Å². The van der Waals surface area contributed by atoms with Crippen LogP contribution in [-0.2, 0) is 4.79 Å². The predicted molar refractivity (Wildman–Crippen MR) is 95.3 cm³/mol. The van der Waals surface area contributed by atoms with Crippen molar-refractivity contribution in [3.8, 4) is 5.75 Å². The maximum atomic E-state index is 12.7. The topological polar surface area (TPSA) is 42.4 Å². The zero-order chi connectivity index (χ0) is 16.1. The molecule has 23 heavy (non-hydrogen) atoms. The molecule has 0 aliphatic heterocycles. The molecule has 0 unspecified atom stereocenters. The third-order valence-corrected chi connectivity index (χ3v) is 4.34. The van der Waals surface area contributed by atoms with Crippen LogP contribution < -0.4 is 9.64 Å². The number of aromatic nitrogens is 1. The Hall–Kier alpha value is -2.18. The van der Waals surface area contributed by atoms with E-state index in [0.29, 0.717) is 10.9 Å². The van der Waals surface area contributed by atoms with Crippen molar-refractivity contribution < 1.29 is 9.53 Å². The van der Waals surface area contributed by atoms with E-state index in [-0.39, 0.29) is 12.5 Å². The van der Waals surface area contributed by atoms with Crippen molar-refractivity contribution in [2.75, 3.05) is 11.5 Å². The van der Waals surface area contributed by atoms with Gasteiger partial charge >= 0.3 is 0 Å². The summed E-state index contributed by atoms with van der Waals surface area (Å²) in [6.45, 7) is -0.0559. The van der Waals surface area contributed by atoms with Gasteiger partial charge in [0.2, 0.25) is 0 Å². The highest BCUT2D eigenvalue weighted by Crippen LogP contribution is 2.28. The fourth-order valence-corrected chi connectivity index (χ4v) is 2.95. The second-order valence-electron chi connectivity index (χ2n) is 4.62. The Kier molecular flexibility index (Phi) is 5.05. The fourth-order valence-electron chi connectivity index (χ4n) is 2.00. The smallest absolute Gasteiger partial charge is 0.271 e. The Bertz CT molecular complexity index is 761. The first kappa shape index (κ1) is 15.7. The normalized spacial score (nSPS) is 10.3. The average molecular weight is 389 g/mol. The number of rotatable bonds is 5. The molecule has 3 aromatic rings. The lowest BCUT2D eigenvalue weighted by atomic mass is 10.3. The number of halogens is 1. The molecule has 1 amide bonds. The molecule has 0 radical (unpaired) electrons. The van der Waals surface area contributed by atoms with E-state index in [0.717, 1.165) is 10.2 Å². The molecule has 0 N–H and O–H groups in total. The lowest BCUT2D eigenvalue weighted by Crippen LogP contribution is -2.30. The van der Waals surface area contributed by atoms with E-state index in [4.69, 9.17) is 4.74 Å². The molecule has 1 aromatic heterocycles. The van der Waals surface area contributed by atoms with E-state index in [1.165, 1.54) is 11.3 Å². The van der Waals surface area contributed by atoms with Crippen LogP contribution in [0.2, 0.25) is 0 Å². The molecule has 6 heteroatoms. The van der Waals surface area contributed by atoms with Crippen LogP contribution in [0.4, 0.5) is 10.8 Å². The number of hydrogen-bond donors (Lipinski definition) is 0. The molecule has 0 aliphatic carbocycles. The van der Waals surface area contributed by atoms with Gasteiger partial charge < -0.3 is 4.74 Å². The van der Waals surface area contributed by atoms with Crippen molar-refractivity contribution in [1.29, 1.82) is 0 Å². The molecule has 4 nitrogen and oxygen atoms in total. The molecule has 0 atom stereocenters. The largest absolute Gasteiger partial charge is 0.484 e. The van der Waals surface area contributed by atoms with Gasteiger partial charge in [0.25, 0.3) is 5.91 Å². The van der Waals surface area contributed by atoms with Crippen molar-refractivity contribution >= 4 is 44.0 Å². The summed E-state index contributed by atoms with van der Waals surface area (Å²) in [5.41, 5.74) is 0.754. The summed E-state index contributed by atoms with van der Waals surface area (Å²) in [6.07, 6.45) is 1.68. The second-order valence-corrected chi connectivity index (χ2v) is 6.41. The number of thiazole rings is 1. The van der Waals surface area contributed by atoms with Crippen molar-refractivity contribution in [2.45, 2.75) is 0 Å². The van der Waals surface area contributed by atoms with Crippen LogP contribution in [-0.4, -0.2) is 17.5 Å². The summed E-state index contributed by atoms with van der Waals surface area (Å²) < 4.78 is 6.52. The molecule has 0 bridgehead atoms. The lowest BCUT2D eigenvalue weighted by Gasteiger charge is -2.20. The van der Waals surface area contributed by atoms with Crippen molar-refractivity contribution in [3.63, 3.8) is 0 Å². The first-order chi connectivity index (χ1) is 11.2. The third-order valence-electron chi connectivity index (χ3n) is 3.05. The second kappa shape index (κ2) is 7.39. The van der Waals surface area contributed by atoms with E-state index in [1.807, 2.05) is 60.0 Å². The molecule has 2 aromatic carbocycles. The molecule has 3 rings (SSSR count). The zero-order valence-corrected chi connectivity index (χ0v) is 14.5. The number of amides is 1. The number of para-hydroxylation sites is 1. The lowest BCUT2D eigenvalue weighted by molar-refractivity contribution is -0.119. The van der Waals surface area contributed by atoms with E-state index in [9.17, 15) is 4.79 Å². The number of nitrogens with zero attached hydrogens (tertiary/aromatic N) is 2. The van der Waals surface area contributed by atoms with Gasteiger partial charge in [-0.05, 0) is 36.4 Å². The molecular weight excluding hydrogens is 376 g/mol. The molecule has 0 spiro atoms. The molecular formula is C17H13BrN2O2S. The number of benzene rings is 2. The van der Waals surface area contributed by atoms with E-state index >= 15 is 0 Å². The van der Waals surface area contributed by atoms with Gasteiger partial charge in [-0.2, -0.15) is 0 Å². The third kappa shape index (κ3) is 3.97. The first-order valence-electron chi connectivity index (χ1n) is 6.90. The number of carbonyl (C=O) groups is 1. The molecule has 0 aliphatic rings. The molecule has 0 saturated heterocycles. The van der Waals surface area contributed by atoms with Crippen LogP contribution in [0, 0.1) is 0 Å². The highest BCUT2D eigenvalue weighted by molar-refractivity contribution is 9.10. The van der Waals surface area contributed by atoms with Gasteiger partial charge in [0.15, 0.2) is 11.7 Å². The van der Waals surface area contributed by atoms with E-state index < -0.39 is 0 Å². The SMILES string of the molecule is O=C(COc1ccccc1)N(c1ccc(Br)cc1)c1nccs1. The maximum absolute atomic E-state index is 12.7. The molecule has 0 saturated carbocycles. The van der Waals surface area contributed by atoms with Gasteiger partial charge in [-0.1, -0.05) is 34.1 Å². The minimum Gasteiger partial charge on any atom is -0.484 e. The molecule has 116 valence electrons. The summed E-state index contributed by atoms with van der Waals surface area (Å²) in [5, 5.41) is 2.46. The highest BCUT2D eigenvalue weighted by Gasteiger charge is 2.20. The fraction of sp³-hybridized carbons (Fsp3) is 0.0588. The minimum atomic E-state index is -0.175. The van der Waals surface area contributed by atoms with Crippen LogP contribution in [0.15, 0.2) is 70.6 Å². The Morgan fingerprint density at radius 2 is 1.87 bits per heavy atom. The standard InChI is InChI=1S/C17H13BrN2O2S/c18-13-6-8-14(9-7-13)20(17-19-10-11-23-17)16(21)12-22-15-4-2-1-3-5-15/h1-11H,12H2. The van der Waals surface area contributed by atoms with Gasteiger partial charge in [0, 0.05) is 16.0 Å². The van der Waals surface area contributed by atoms with Gasteiger partial charge in [-0.15, -0.1) is 11.3 Å². The Morgan fingerprint density at radius 1 is 1.13 bits per heavy atom. The van der Waals surface area contributed by atoms with Crippen molar-refractivity contribution in [2.24, 2.45) is 0 Å². The first-order valence-corrected chi connectivity index (χ1v) is 8.57. The van der Waals surface area contributed by atoms with Crippen LogP contribution in [0.3, 0.4) is 0 Å². The van der Waals surface area contributed by atoms with Crippen LogP contribution in [0.1, 0.15) is 0 Å². The quantitative estimate of drug-likeness (QED) is 0.638. The number of anilines is 2. The summed E-state index contributed by atoms with van der Waals surface area (Å²) in [6, 6.07) is 16.8. The van der Waals surface area contributed by atoms with E-state index in [2.05, 4.69) is 20.9 Å². The minimum absolute atomic E-state index is 0.0559. The summed E-state index contributed by atoms with van der Waals surface area (Å²) in [5.74, 6) is 0.488. The zero-order valence-electron chi connectivity index (χ0n) is 12.1. The van der Waals surface area contributed by atoms with Crippen LogP contribution >= 0.6 is 27.3 Å². The van der Waals surface area contributed by atoms with E-state index in [1.54, 1.807) is 11.1 Å². The van der Waals surface area contributed by atoms with Crippen molar-refractivity contribution in [3.05, 3.63) is 70.6 Å². The maximum Gasteiger partial charge on any atom is 0.271 e. The van der Waals surface area contributed by atoms with Gasteiger partial charge in [-0.3, -0.25) is 9.69 Å².